The lowest BCUT2D eigenvalue weighted by Gasteiger charge is -2.08. The monoisotopic (exact) mass is 202 g/mol. The van der Waals surface area contributed by atoms with Crippen molar-refractivity contribution in [3.8, 4) is 0 Å². The zero-order chi connectivity index (χ0) is 11.8. The molecule has 0 radical (unpaired) electrons. The molecule has 0 saturated heterocycles. The first-order chi connectivity index (χ1) is 6.13. The van der Waals surface area contributed by atoms with Crippen LogP contribution in [0.4, 0.5) is 0 Å². The van der Waals surface area contributed by atoms with E-state index in [1.165, 1.54) is 0 Å². The molecule has 0 heterocycles. The summed E-state index contributed by atoms with van der Waals surface area (Å²) < 4.78 is 0. The van der Waals surface area contributed by atoms with E-state index in [2.05, 4.69) is 33.0 Å². The molecule has 0 unspecified atom stereocenters. The van der Waals surface area contributed by atoms with E-state index >= 15 is 0 Å². The molecular formula is C12H30N2. The van der Waals surface area contributed by atoms with E-state index in [0.717, 1.165) is 24.9 Å². The summed E-state index contributed by atoms with van der Waals surface area (Å²) in [5, 5.41) is 3.38. The van der Waals surface area contributed by atoms with Crippen LogP contribution in [0.1, 0.15) is 48.5 Å². The lowest BCUT2D eigenvalue weighted by atomic mass is 10.1. The molecule has 0 aromatic rings. The van der Waals surface area contributed by atoms with Gasteiger partial charge in [-0.05, 0) is 45.7 Å². The minimum absolute atomic E-state index is 0. The number of hydrogen-bond donors (Lipinski definition) is 2. The van der Waals surface area contributed by atoms with Gasteiger partial charge in [-0.2, -0.15) is 0 Å². The third-order valence-corrected chi connectivity index (χ3v) is 1.11. The van der Waals surface area contributed by atoms with E-state index in [1.807, 2.05) is 20.8 Å². The predicted molar refractivity (Wildman–Crippen MR) is 66.5 cm³/mol. The van der Waals surface area contributed by atoms with Gasteiger partial charge in [-0.25, -0.2) is 0 Å². The summed E-state index contributed by atoms with van der Waals surface area (Å²) in [4.78, 5) is 0. The molecular weight excluding hydrogens is 172 g/mol. The van der Waals surface area contributed by atoms with Gasteiger partial charge < -0.3 is 11.1 Å². The maximum absolute atomic E-state index is 5.35. The van der Waals surface area contributed by atoms with Gasteiger partial charge in [0.25, 0.3) is 0 Å². The highest BCUT2D eigenvalue weighted by atomic mass is 14.9. The topological polar surface area (TPSA) is 38.0 Å². The minimum Gasteiger partial charge on any atom is -0.326 e. The quantitative estimate of drug-likeness (QED) is 0.735. The summed E-state index contributed by atoms with van der Waals surface area (Å²) >= 11 is 0. The van der Waals surface area contributed by atoms with Gasteiger partial charge in [0, 0.05) is 5.54 Å². The largest absolute Gasteiger partial charge is 0.326 e. The first-order valence-electron chi connectivity index (χ1n) is 5.62. The zero-order valence-corrected chi connectivity index (χ0v) is 11.1. The molecule has 0 aromatic heterocycles. The first-order valence-corrected chi connectivity index (χ1v) is 5.62. The van der Waals surface area contributed by atoms with Crippen molar-refractivity contribution < 1.29 is 0 Å². The Morgan fingerprint density at radius 3 is 1.29 bits per heavy atom. The highest BCUT2D eigenvalue weighted by Gasteiger charge is 1.95. The molecule has 88 valence electrons. The summed E-state index contributed by atoms with van der Waals surface area (Å²) in [6.45, 7) is 17.1. The van der Waals surface area contributed by atoms with Crippen LogP contribution < -0.4 is 11.1 Å². The smallest absolute Gasteiger partial charge is 0.00686 e. The second-order valence-electron chi connectivity index (χ2n) is 5.81. The van der Waals surface area contributed by atoms with E-state index < -0.39 is 0 Å². The zero-order valence-electron chi connectivity index (χ0n) is 11.1. The van der Waals surface area contributed by atoms with Crippen molar-refractivity contribution in [2.45, 2.75) is 54.0 Å². The van der Waals surface area contributed by atoms with Gasteiger partial charge in [0.15, 0.2) is 0 Å². The van der Waals surface area contributed by atoms with Gasteiger partial charge in [0.1, 0.15) is 0 Å². The van der Waals surface area contributed by atoms with Crippen LogP contribution in [0.15, 0.2) is 0 Å². The average Bonchev–Trinajstić information content (AvgIpc) is 1.80. The molecule has 0 atom stereocenters. The Kier molecular flexibility index (Phi) is 9.63. The molecule has 0 bridgehead atoms. The molecule has 0 amide bonds. The van der Waals surface area contributed by atoms with Crippen LogP contribution in [0.5, 0.6) is 0 Å². The van der Waals surface area contributed by atoms with Gasteiger partial charge in [-0.15, -0.1) is 0 Å². The second-order valence-corrected chi connectivity index (χ2v) is 5.81. The highest BCUT2D eigenvalue weighted by Crippen LogP contribution is 1.90. The number of hydrogen-bond acceptors (Lipinski definition) is 2. The van der Waals surface area contributed by atoms with Gasteiger partial charge >= 0.3 is 0 Å². The fraction of sp³-hybridized carbons (Fsp3) is 1.00. The molecule has 2 heteroatoms. The molecule has 14 heavy (non-hydrogen) atoms. The first kappa shape index (κ1) is 16.4. The van der Waals surface area contributed by atoms with Crippen LogP contribution in [0, 0.1) is 11.8 Å². The van der Waals surface area contributed by atoms with E-state index in [-0.39, 0.29) is 5.54 Å². The van der Waals surface area contributed by atoms with Crippen molar-refractivity contribution in [1.82, 2.24) is 5.32 Å². The third-order valence-electron chi connectivity index (χ3n) is 1.11. The Bertz CT molecular complexity index is 98.0. The molecule has 0 aliphatic heterocycles. The molecule has 2 nitrogen and oxygen atoms in total. The lowest BCUT2D eigenvalue weighted by Crippen LogP contribution is -2.26. The second kappa shape index (κ2) is 8.25. The summed E-state index contributed by atoms with van der Waals surface area (Å²) in [6.07, 6.45) is 0. The van der Waals surface area contributed by atoms with Gasteiger partial charge in [-0.3, -0.25) is 0 Å². The van der Waals surface area contributed by atoms with Crippen molar-refractivity contribution in [1.29, 1.82) is 0 Å². The summed E-state index contributed by atoms with van der Waals surface area (Å²) in [5.74, 6) is 1.56. The maximum Gasteiger partial charge on any atom is 0.00686 e. The van der Waals surface area contributed by atoms with Crippen molar-refractivity contribution in [2.75, 3.05) is 13.1 Å². The molecule has 0 aliphatic carbocycles. The Balaban J connectivity index is 0. The Hall–Kier alpha value is -0.0800. The van der Waals surface area contributed by atoms with Crippen LogP contribution in [-0.4, -0.2) is 18.6 Å². The normalized spacial score (nSPS) is 11.6. The number of nitrogens with two attached hydrogens (primary N) is 1. The molecule has 0 aliphatic rings. The Morgan fingerprint density at radius 2 is 1.14 bits per heavy atom. The average molecular weight is 202 g/mol. The van der Waals surface area contributed by atoms with Gasteiger partial charge in [0.05, 0.1) is 0 Å². The van der Waals surface area contributed by atoms with E-state index in [0.29, 0.717) is 0 Å². The molecule has 0 rings (SSSR count). The fourth-order valence-electron chi connectivity index (χ4n) is 0.661. The fourth-order valence-corrected chi connectivity index (χ4v) is 0.661. The van der Waals surface area contributed by atoms with E-state index in [4.69, 9.17) is 5.73 Å². The lowest BCUT2D eigenvalue weighted by molar-refractivity contribution is 0.497. The van der Waals surface area contributed by atoms with Crippen LogP contribution >= 0.6 is 0 Å². The maximum atomic E-state index is 5.35. The van der Waals surface area contributed by atoms with Crippen LogP contribution in [0.25, 0.3) is 0 Å². The standard InChI is InChI=1S/C8H19N.C4H11N/c1-7(2)5-9-6-8(3)4;1-4(2,3)5/h7-9H,5-6H2,1-4H3;5H2,1-3H3. The highest BCUT2D eigenvalue weighted by molar-refractivity contribution is 4.60. The Labute approximate surface area is 90.6 Å². The minimum atomic E-state index is 0. The van der Waals surface area contributed by atoms with Crippen molar-refractivity contribution in [3.05, 3.63) is 0 Å². The molecule has 0 fully saturated rings. The molecule has 3 N–H and O–H groups in total. The van der Waals surface area contributed by atoms with Gasteiger partial charge in [0.2, 0.25) is 0 Å². The SMILES string of the molecule is CC(C)(C)N.CC(C)CNCC(C)C. The number of nitrogens with one attached hydrogen (secondary N) is 1. The predicted octanol–water partition coefficient (Wildman–Crippen LogP) is 2.63. The van der Waals surface area contributed by atoms with Crippen molar-refractivity contribution in [3.63, 3.8) is 0 Å². The van der Waals surface area contributed by atoms with Crippen LogP contribution in [0.3, 0.4) is 0 Å². The van der Waals surface area contributed by atoms with Crippen LogP contribution in [0.2, 0.25) is 0 Å². The van der Waals surface area contributed by atoms with Gasteiger partial charge in [-0.1, -0.05) is 27.7 Å². The summed E-state index contributed by atoms with van der Waals surface area (Å²) in [6, 6.07) is 0. The Morgan fingerprint density at radius 1 is 0.929 bits per heavy atom. The summed E-state index contributed by atoms with van der Waals surface area (Å²) in [5.41, 5.74) is 5.35. The summed E-state index contributed by atoms with van der Waals surface area (Å²) in [7, 11) is 0. The molecule has 0 saturated carbocycles. The van der Waals surface area contributed by atoms with E-state index in [9.17, 15) is 0 Å². The number of rotatable bonds is 4. The molecule has 0 aromatic carbocycles. The third kappa shape index (κ3) is 40.6. The molecule has 0 spiro atoms. The van der Waals surface area contributed by atoms with Crippen molar-refractivity contribution >= 4 is 0 Å². The van der Waals surface area contributed by atoms with Crippen molar-refractivity contribution in [2.24, 2.45) is 17.6 Å². The van der Waals surface area contributed by atoms with Crippen LogP contribution in [-0.2, 0) is 0 Å². The van der Waals surface area contributed by atoms with E-state index in [1.54, 1.807) is 0 Å².